The largest absolute Gasteiger partial charge is 0.363 e. The lowest BCUT2D eigenvalue weighted by Gasteiger charge is -1.88. The van der Waals surface area contributed by atoms with Crippen LogP contribution in [0.25, 0.3) is 0 Å². The number of anilines is 1. The second-order valence-electron chi connectivity index (χ2n) is 1.66. The van der Waals surface area contributed by atoms with Gasteiger partial charge in [0.05, 0.1) is 0 Å². The molecule has 1 rings (SSSR count). The van der Waals surface area contributed by atoms with Crippen molar-refractivity contribution in [3.63, 3.8) is 0 Å². The first-order valence-electron chi connectivity index (χ1n) is 3.07. The van der Waals surface area contributed by atoms with Crippen LogP contribution in [0.4, 0.5) is 5.13 Å². The molecule has 0 spiro atoms. The van der Waals surface area contributed by atoms with Crippen molar-refractivity contribution in [2.24, 2.45) is 0 Å². The Morgan fingerprint density at radius 1 is 1.64 bits per heavy atom. The molecule has 1 N–H and O–H groups in total. The number of alkyl halides is 1. The molecule has 11 heavy (non-hydrogen) atoms. The van der Waals surface area contributed by atoms with Gasteiger partial charge in [-0.2, -0.15) is 0 Å². The fourth-order valence-corrected chi connectivity index (χ4v) is 2.23. The normalized spacial score (nSPS) is 10.0. The number of nitrogens with one attached hydrogen (secondary N) is 1. The van der Waals surface area contributed by atoms with Gasteiger partial charge in [-0.1, -0.05) is 23.1 Å². The Hall–Kier alpha value is -0.0000000000000000278. The summed E-state index contributed by atoms with van der Waals surface area (Å²) in [6, 6.07) is 0. The van der Waals surface area contributed by atoms with Crippen molar-refractivity contribution in [1.82, 2.24) is 10.2 Å². The molecule has 0 aliphatic heterocycles. The van der Waals surface area contributed by atoms with Crippen LogP contribution in [-0.2, 0) is 0 Å². The molecule has 1 heterocycles. The number of halogens is 1. The summed E-state index contributed by atoms with van der Waals surface area (Å²) in [4.78, 5) is 0. The molecule has 62 valence electrons. The minimum atomic E-state index is 0.652. The second kappa shape index (κ2) is 4.79. The molecule has 0 unspecified atom stereocenters. The van der Waals surface area contributed by atoms with Gasteiger partial charge in [0, 0.05) is 18.7 Å². The van der Waals surface area contributed by atoms with Crippen molar-refractivity contribution >= 4 is 39.8 Å². The highest BCUT2D eigenvalue weighted by molar-refractivity contribution is 8.01. The van der Waals surface area contributed by atoms with Gasteiger partial charge in [0.15, 0.2) is 4.34 Å². The van der Waals surface area contributed by atoms with E-state index in [0.29, 0.717) is 5.88 Å². The lowest BCUT2D eigenvalue weighted by molar-refractivity contribution is 1.01. The zero-order valence-electron chi connectivity index (χ0n) is 6.00. The van der Waals surface area contributed by atoms with Gasteiger partial charge in [0.2, 0.25) is 5.13 Å². The zero-order valence-corrected chi connectivity index (χ0v) is 8.39. The maximum Gasteiger partial charge on any atom is 0.206 e. The second-order valence-corrected chi connectivity index (χ2v) is 4.36. The number of hydrogen-bond acceptors (Lipinski definition) is 5. The van der Waals surface area contributed by atoms with E-state index in [4.69, 9.17) is 11.6 Å². The van der Waals surface area contributed by atoms with Crippen LogP contribution in [0.1, 0.15) is 0 Å². The van der Waals surface area contributed by atoms with Crippen LogP contribution in [0.3, 0.4) is 0 Å². The highest BCUT2D eigenvalue weighted by Gasteiger charge is 2.00. The van der Waals surface area contributed by atoms with Crippen LogP contribution >= 0.6 is 34.7 Å². The summed E-state index contributed by atoms with van der Waals surface area (Å²) in [6.45, 7) is 0. The number of rotatable bonds is 4. The third-order valence-corrected chi connectivity index (χ3v) is 3.41. The van der Waals surface area contributed by atoms with Crippen LogP contribution in [0.15, 0.2) is 4.34 Å². The first-order valence-corrected chi connectivity index (χ1v) is 5.40. The molecule has 6 heteroatoms. The number of thioether (sulfide) groups is 1. The van der Waals surface area contributed by atoms with Crippen molar-refractivity contribution < 1.29 is 0 Å². The Balaban J connectivity index is 2.44. The molecule has 0 aliphatic carbocycles. The maximum absolute atomic E-state index is 5.51. The van der Waals surface area contributed by atoms with Gasteiger partial charge in [0.25, 0.3) is 0 Å². The molecule has 0 saturated carbocycles. The van der Waals surface area contributed by atoms with E-state index in [1.807, 2.05) is 7.05 Å². The predicted octanol–water partition coefficient (Wildman–Crippen LogP) is 1.91. The molecule has 1 aromatic rings. The summed E-state index contributed by atoms with van der Waals surface area (Å²) in [7, 11) is 1.83. The van der Waals surface area contributed by atoms with Crippen LogP contribution in [0.5, 0.6) is 0 Å². The van der Waals surface area contributed by atoms with Crippen LogP contribution in [0.2, 0.25) is 0 Å². The number of hydrogen-bond donors (Lipinski definition) is 1. The van der Waals surface area contributed by atoms with Crippen molar-refractivity contribution in [3.8, 4) is 0 Å². The zero-order chi connectivity index (χ0) is 8.10. The van der Waals surface area contributed by atoms with E-state index in [-0.39, 0.29) is 0 Å². The molecule has 0 fully saturated rings. The molecule has 0 bridgehead atoms. The number of aromatic nitrogens is 2. The molecule has 0 amide bonds. The molecule has 0 aliphatic rings. The van der Waals surface area contributed by atoms with Crippen molar-refractivity contribution in [1.29, 1.82) is 0 Å². The Bertz CT molecular complexity index is 215. The van der Waals surface area contributed by atoms with E-state index in [1.165, 1.54) is 0 Å². The molecular weight excluding hydrogens is 202 g/mol. The molecule has 0 radical (unpaired) electrons. The van der Waals surface area contributed by atoms with Crippen molar-refractivity contribution in [2.45, 2.75) is 4.34 Å². The SMILES string of the molecule is CNc1nnc(SCCCl)s1. The lowest BCUT2D eigenvalue weighted by atomic mass is 11.0. The minimum absolute atomic E-state index is 0.652. The monoisotopic (exact) mass is 209 g/mol. The van der Waals surface area contributed by atoms with Crippen molar-refractivity contribution in [3.05, 3.63) is 0 Å². The van der Waals surface area contributed by atoms with Crippen LogP contribution < -0.4 is 5.32 Å². The first kappa shape index (κ1) is 9.09. The van der Waals surface area contributed by atoms with E-state index in [9.17, 15) is 0 Å². The van der Waals surface area contributed by atoms with Gasteiger partial charge in [-0.05, 0) is 0 Å². The van der Waals surface area contributed by atoms with Crippen LogP contribution in [0, 0.1) is 0 Å². The topological polar surface area (TPSA) is 37.8 Å². The standard InChI is InChI=1S/C5H8ClN3S2/c1-7-4-8-9-5(11-4)10-3-2-6/h2-3H2,1H3,(H,7,8). The quantitative estimate of drug-likeness (QED) is 0.608. The molecule has 0 saturated heterocycles. The van der Waals surface area contributed by atoms with Gasteiger partial charge in [-0.15, -0.1) is 21.8 Å². The lowest BCUT2D eigenvalue weighted by Crippen LogP contribution is -1.84. The summed E-state index contributed by atoms with van der Waals surface area (Å²) in [6.07, 6.45) is 0. The molecule has 1 aromatic heterocycles. The highest BCUT2D eigenvalue weighted by atomic mass is 35.5. The number of nitrogens with zero attached hydrogens (tertiary/aromatic N) is 2. The van der Waals surface area contributed by atoms with E-state index >= 15 is 0 Å². The average molecular weight is 210 g/mol. The molecular formula is C5H8ClN3S2. The maximum atomic E-state index is 5.51. The fraction of sp³-hybridized carbons (Fsp3) is 0.600. The van der Waals surface area contributed by atoms with Crippen LogP contribution in [-0.4, -0.2) is 28.9 Å². The van der Waals surface area contributed by atoms with E-state index in [1.54, 1.807) is 23.1 Å². The van der Waals surface area contributed by atoms with Gasteiger partial charge in [-0.3, -0.25) is 0 Å². The Morgan fingerprint density at radius 2 is 2.45 bits per heavy atom. The summed E-state index contributed by atoms with van der Waals surface area (Å²) < 4.78 is 0.968. The van der Waals surface area contributed by atoms with Gasteiger partial charge >= 0.3 is 0 Å². The van der Waals surface area contributed by atoms with E-state index < -0.39 is 0 Å². The summed E-state index contributed by atoms with van der Waals surface area (Å²) in [5.74, 6) is 1.54. The third-order valence-electron chi connectivity index (χ3n) is 0.923. The Kier molecular flexibility index (Phi) is 3.96. The van der Waals surface area contributed by atoms with Crippen molar-refractivity contribution in [2.75, 3.05) is 24.0 Å². The van der Waals surface area contributed by atoms with E-state index in [0.717, 1.165) is 15.2 Å². The van der Waals surface area contributed by atoms with Gasteiger partial charge < -0.3 is 5.32 Å². The summed E-state index contributed by atoms with van der Waals surface area (Å²) in [5.41, 5.74) is 0. The average Bonchev–Trinajstić information content (AvgIpc) is 2.48. The summed E-state index contributed by atoms with van der Waals surface area (Å²) >= 11 is 8.69. The predicted molar refractivity (Wildman–Crippen MR) is 50.9 cm³/mol. The Labute approximate surface area is 78.6 Å². The molecule has 3 nitrogen and oxygen atoms in total. The van der Waals surface area contributed by atoms with Gasteiger partial charge in [-0.25, -0.2) is 0 Å². The minimum Gasteiger partial charge on any atom is -0.363 e. The van der Waals surface area contributed by atoms with Gasteiger partial charge in [0.1, 0.15) is 0 Å². The smallest absolute Gasteiger partial charge is 0.206 e. The third kappa shape index (κ3) is 2.84. The fourth-order valence-electron chi connectivity index (χ4n) is 0.495. The molecule has 0 atom stereocenters. The van der Waals surface area contributed by atoms with E-state index in [2.05, 4.69) is 15.5 Å². The first-order chi connectivity index (χ1) is 5.36. The highest BCUT2D eigenvalue weighted by Crippen LogP contribution is 2.24. The Morgan fingerprint density at radius 3 is 3.00 bits per heavy atom. The summed E-state index contributed by atoms with van der Waals surface area (Å²) in [5, 5.41) is 11.6. The molecule has 0 aromatic carbocycles.